The molecule has 0 saturated carbocycles. The van der Waals surface area contributed by atoms with Crippen molar-refractivity contribution < 1.29 is 13.6 Å². The molecule has 4 aromatic rings. The van der Waals surface area contributed by atoms with Crippen LogP contribution >= 0.6 is 0 Å². The normalized spacial score (nSPS) is 11.2. The fourth-order valence-electron chi connectivity index (χ4n) is 3.86. The van der Waals surface area contributed by atoms with Crippen molar-refractivity contribution in [1.29, 1.82) is 0 Å². The third kappa shape index (κ3) is 3.15. The monoisotopic (exact) mass is 384 g/mol. The highest BCUT2D eigenvalue weighted by molar-refractivity contribution is 6.09. The molecule has 0 spiro atoms. The van der Waals surface area contributed by atoms with Gasteiger partial charge in [-0.05, 0) is 17.7 Å². The molecule has 0 atom stereocenters. The summed E-state index contributed by atoms with van der Waals surface area (Å²) >= 11 is 0. The van der Waals surface area contributed by atoms with Gasteiger partial charge in [0.2, 0.25) is 0 Å². The first-order chi connectivity index (χ1) is 14.2. The van der Waals surface area contributed by atoms with E-state index in [1.807, 2.05) is 6.07 Å². The molecule has 0 heterocycles. The first kappa shape index (κ1) is 18.8. The van der Waals surface area contributed by atoms with Crippen LogP contribution in [0, 0.1) is 11.6 Å². The second kappa shape index (κ2) is 7.80. The number of carbonyl (C=O) groups excluding carboxylic acids is 1. The van der Waals surface area contributed by atoms with Gasteiger partial charge >= 0.3 is 0 Å². The highest BCUT2D eigenvalue weighted by Crippen LogP contribution is 2.44. The first-order valence-corrected chi connectivity index (χ1v) is 9.31. The van der Waals surface area contributed by atoms with Gasteiger partial charge in [-0.25, -0.2) is 8.78 Å². The molecule has 0 aliphatic heterocycles. The van der Waals surface area contributed by atoms with Gasteiger partial charge in [-0.2, -0.15) is 0 Å². The number of hydrogen-bond donors (Lipinski definition) is 0. The Bertz CT molecular complexity index is 1090. The van der Waals surface area contributed by atoms with Gasteiger partial charge in [-0.1, -0.05) is 97.1 Å². The zero-order chi connectivity index (χ0) is 20.3. The van der Waals surface area contributed by atoms with Crippen molar-refractivity contribution in [2.45, 2.75) is 5.41 Å². The number of ketones is 1. The second-order valence-corrected chi connectivity index (χ2v) is 6.77. The molecule has 0 N–H and O–H groups in total. The molecule has 0 amide bonds. The molecule has 142 valence electrons. The number of carbonyl (C=O) groups is 1. The minimum absolute atomic E-state index is 0.116. The van der Waals surface area contributed by atoms with Crippen LogP contribution in [0.2, 0.25) is 0 Å². The molecule has 3 heteroatoms. The Morgan fingerprint density at radius 1 is 0.552 bits per heavy atom. The van der Waals surface area contributed by atoms with Crippen LogP contribution in [0.5, 0.6) is 0 Å². The van der Waals surface area contributed by atoms with E-state index in [0.717, 1.165) is 0 Å². The van der Waals surface area contributed by atoms with Crippen molar-refractivity contribution in [1.82, 2.24) is 0 Å². The zero-order valence-corrected chi connectivity index (χ0v) is 15.6. The Kier molecular flexibility index (Phi) is 5.05. The molecule has 0 aliphatic rings. The fourth-order valence-corrected chi connectivity index (χ4v) is 3.86. The third-order valence-corrected chi connectivity index (χ3v) is 5.14. The fraction of sp³-hybridized carbons (Fsp3) is 0.0385. The molecule has 0 unspecified atom stereocenters. The summed E-state index contributed by atoms with van der Waals surface area (Å²) in [6.07, 6.45) is 0. The maximum Gasteiger partial charge on any atom is 0.182 e. The van der Waals surface area contributed by atoms with Gasteiger partial charge in [0.05, 0.1) is 0 Å². The molecule has 0 saturated heterocycles. The summed E-state index contributed by atoms with van der Waals surface area (Å²) in [7, 11) is 0. The molecule has 0 aliphatic carbocycles. The van der Waals surface area contributed by atoms with Crippen LogP contribution in [0.1, 0.15) is 27.0 Å². The van der Waals surface area contributed by atoms with Crippen LogP contribution in [-0.2, 0) is 5.41 Å². The van der Waals surface area contributed by atoms with E-state index in [1.165, 1.54) is 12.1 Å². The Balaban J connectivity index is 2.16. The SMILES string of the molecule is O=C(c1ccccc1)C(c1ccccc1)(c1ccccc1F)c1ccccc1F. The predicted octanol–water partition coefficient (Wildman–Crippen LogP) is 6.18. The summed E-state index contributed by atoms with van der Waals surface area (Å²) < 4.78 is 30.4. The molecular weight excluding hydrogens is 366 g/mol. The second-order valence-electron chi connectivity index (χ2n) is 6.77. The molecule has 1 nitrogen and oxygen atoms in total. The number of rotatable bonds is 5. The van der Waals surface area contributed by atoms with Gasteiger partial charge in [-0.3, -0.25) is 4.79 Å². The zero-order valence-electron chi connectivity index (χ0n) is 15.6. The summed E-state index contributed by atoms with van der Waals surface area (Å²) in [5.74, 6) is -1.52. The lowest BCUT2D eigenvalue weighted by molar-refractivity contribution is 0.0930. The van der Waals surface area contributed by atoms with Gasteiger partial charge < -0.3 is 0 Å². The van der Waals surface area contributed by atoms with Gasteiger partial charge in [0.25, 0.3) is 0 Å². The number of hydrogen-bond acceptors (Lipinski definition) is 1. The van der Waals surface area contributed by atoms with E-state index in [-0.39, 0.29) is 16.9 Å². The molecule has 0 aromatic heterocycles. The van der Waals surface area contributed by atoms with E-state index < -0.39 is 17.0 Å². The standard InChI is InChI=1S/C26H18F2O/c27-23-17-9-7-15-21(23)26(20-13-5-2-6-14-20,22-16-8-10-18-24(22)28)25(29)19-11-3-1-4-12-19/h1-18H. The van der Waals surface area contributed by atoms with E-state index >= 15 is 8.78 Å². The Hall–Kier alpha value is -3.59. The smallest absolute Gasteiger partial charge is 0.182 e. The predicted molar refractivity (Wildman–Crippen MR) is 110 cm³/mol. The van der Waals surface area contributed by atoms with Crippen molar-refractivity contribution in [3.63, 3.8) is 0 Å². The average molecular weight is 384 g/mol. The van der Waals surface area contributed by atoms with Crippen LogP contribution in [0.25, 0.3) is 0 Å². The van der Waals surface area contributed by atoms with Crippen LogP contribution in [0.3, 0.4) is 0 Å². The highest BCUT2D eigenvalue weighted by atomic mass is 19.1. The Morgan fingerprint density at radius 3 is 1.45 bits per heavy atom. The molecule has 0 fully saturated rings. The molecule has 4 rings (SSSR count). The summed E-state index contributed by atoms with van der Waals surface area (Å²) in [5, 5.41) is 0. The van der Waals surface area contributed by atoms with E-state index in [9.17, 15) is 4.79 Å². The molecule has 0 bridgehead atoms. The summed E-state index contributed by atoms with van der Waals surface area (Å²) in [5.41, 5.74) is -0.554. The van der Waals surface area contributed by atoms with Crippen molar-refractivity contribution in [2.75, 3.05) is 0 Å². The van der Waals surface area contributed by atoms with E-state index in [2.05, 4.69) is 0 Å². The van der Waals surface area contributed by atoms with Crippen LogP contribution in [0.15, 0.2) is 109 Å². The van der Waals surface area contributed by atoms with Crippen molar-refractivity contribution in [3.8, 4) is 0 Å². The number of benzene rings is 4. The summed E-state index contributed by atoms with van der Waals surface area (Å²) in [6.45, 7) is 0. The van der Waals surface area contributed by atoms with E-state index in [4.69, 9.17) is 0 Å². The number of Topliss-reactive ketones (excluding diaryl/α,β-unsaturated/α-hetero) is 1. The minimum atomic E-state index is -1.67. The molecule has 0 radical (unpaired) electrons. The Labute approximate surface area is 168 Å². The average Bonchev–Trinajstić information content (AvgIpc) is 2.78. The van der Waals surface area contributed by atoms with Gasteiger partial charge in [-0.15, -0.1) is 0 Å². The first-order valence-electron chi connectivity index (χ1n) is 9.31. The van der Waals surface area contributed by atoms with Gasteiger partial charge in [0.1, 0.15) is 17.0 Å². The highest BCUT2D eigenvalue weighted by Gasteiger charge is 2.47. The lowest BCUT2D eigenvalue weighted by Gasteiger charge is -2.35. The largest absolute Gasteiger partial charge is 0.292 e. The van der Waals surface area contributed by atoms with E-state index in [1.54, 1.807) is 91.0 Å². The molecule has 4 aromatic carbocycles. The molecular formula is C26H18F2O. The topological polar surface area (TPSA) is 17.1 Å². The van der Waals surface area contributed by atoms with Crippen LogP contribution < -0.4 is 0 Å². The maximum absolute atomic E-state index is 15.2. The maximum atomic E-state index is 15.2. The quantitative estimate of drug-likeness (QED) is 0.296. The van der Waals surface area contributed by atoms with Crippen molar-refractivity contribution in [2.24, 2.45) is 0 Å². The lowest BCUT2D eigenvalue weighted by atomic mass is 9.65. The minimum Gasteiger partial charge on any atom is -0.292 e. The van der Waals surface area contributed by atoms with Gasteiger partial charge in [0, 0.05) is 16.7 Å². The summed E-state index contributed by atoms with van der Waals surface area (Å²) in [6, 6.07) is 29.6. The van der Waals surface area contributed by atoms with Crippen LogP contribution in [-0.4, -0.2) is 5.78 Å². The number of halogens is 2. The summed E-state index contributed by atoms with van der Waals surface area (Å²) in [4.78, 5) is 14.0. The lowest BCUT2D eigenvalue weighted by Crippen LogP contribution is -2.40. The van der Waals surface area contributed by atoms with Crippen LogP contribution in [0.4, 0.5) is 8.78 Å². The van der Waals surface area contributed by atoms with E-state index in [0.29, 0.717) is 11.1 Å². The Morgan fingerprint density at radius 2 is 0.966 bits per heavy atom. The van der Waals surface area contributed by atoms with Gasteiger partial charge in [0.15, 0.2) is 5.78 Å². The van der Waals surface area contributed by atoms with Crippen molar-refractivity contribution in [3.05, 3.63) is 143 Å². The molecule has 29 heavy (non-hydrogen) atoms. The third-order valence-electron chi connectivity index (χ3n) is 5.14. The van der Waals surface area contributed by atoms with Crippen molar-refractivity contribution >= 4 is 5.78 Å².